The molecule has 0 bridgehead atoms. The third-order valence-electron chi connectivity index (χ3n) is 4.62. The number of aromatic nitrogens is 1. The van der Waals surface area contributed by atoms with Gasteiger partial charge in [-0.2, -0.15) is 0 Å². The minimum absolute atomic E-state index is 0.118. The lowest BCUT2D eigenvalue weighted by Crippen LogP contribution is -2.34. The van der Waals surface area contributed by atoms with Crippen LogP contribution >= 0.6 is 27.7 Å². The number of anilines is 2. The fourth-order valence-electron chi connectivity index (χ4n) is 3.14. The van der Waals surface area contributed by atoms with Gasteiger partial charge in [0.15, 0.2) is 0 Å². The van der Waals surface area contributed by atoms with Gasteiger partial charge in [-0.25, -0.2) is 4.98 Å². The number of aryl methyl sites for hydroxylation is 1. The number of nitrogens with one attached hydrogen (secondary N) is 1. The normalized spacial score (nSPS) is 12.8. The molecule has 0 saturated carbocycles. The molecule has 0 atom stereocenters. The molecule has 2 aromatic carbocycles. The monoisotopic (exact) mass is 467 g/mol. The van der Waals surface area contributed by atoms with E-state index in [0.717, 1.165) is 31.3 Å². The van der Waals surface area contributed by atoms with E-state index in [2.05, 4.69) is 26.2 Å². The molecule has 1 aromatic heterocycles. The number of carbonyl (C=O) groups excluding carboxylic acids is 2. The van der Waals surface area contributed by atoms with Crippen LogP contribution in [-0.2, 0) is 4.79 Å². The van der Waals surface area contributed by atoms with Crippen LogP contribution in [0.2, 0.25) is 0 Å². The maximum absolute atomic E-state index is 13.2. The highest BCUT2D eigenvalue weighted by atomic mass is 79.9. The molecular formula is C22H18BrN3O2S. The van der Waals surface area contributed by atoms with Gasteiger partial charge in [0.1, 0.15) is 5.03 Å². The van der Waals surface area contributed by atoms with Crippen LogP contribution in [-0.4, -0.2) is 23.3 Å². The van der Waals surface area contributed by atoms with Crippen LogP contribution in [0.5, 0.6) is 0 Å². The second-order valence-corrected chi connectivity index (χ2v) is 8.53. The Morgan fingerprint density at radius 2 is 2.00 bits per heavy atom. The molecule has 2 amide bonds. The summed E-state index contributed by atoms with van der Waals surface area (Å²) in [6.45, 7) is 2.24. The van der Waals surface area contributed by atoms with Gasteiger partial charge in [0.25, 0.3) is 5.91 Å². The quantitative estimate of drug-likeness (QED) is 0.565. The standard InChI is InChI=1S/C22H18BrN3O2S/c1-14-13-15(8-9-17(14)23)25-20(27)10-12-26-18-6-4-11-24-21(18)29-19-7-3-2-5-16(19)22(26)28/h2-9,11,13H,10,12H2,1H3,(H,25,27). The van der Waals surface area contributed by atoms with Crippen LogP contribution in [0.3, 0.4) is 0 Å². The Labute approximate surface area is 181 Å². The van der Waals surface area contributed by atoms with E-state index in [4.69, 9.17) is 0 Å². The van der Waals surface area contributed by atoms with Crippen molar-refractivity contribution in [2.75, 3.05) is 16.8 Å². The van der Waals surface area contributed by atoms with Gasteiger partial charge in [-0.1, -0.05) is 39.8 Å². The maximum Gasteiger partial charge on any atom is 0.259 e. The zero-order chi connectivity index (χ0) is 20.4. The van der Waals surface area contributed by atoms with Gasteiger partial charge in [0.05, 0.1) is 11.3 Å². The molecule has 0 unspecified atom stereocenters. The molecular weight excluding hydrogens is 450 g/mol. The van der Waals surface area contributed by atoms with Gasteiger partial charge >= 0.3 is 0 Å². The molecule has 0 radical (unpaired) electrons. The van der Waals surface area contributed by atoms with Crippen LogP contribution in [0.25, 0.3) is 0 Å². The first-order valence-electron chi connectivity index (χ1n) is 9.13. The van der Waals surface area contributed by atoms with Gasteiger partial charge in [0, 0.05) is 34.2 Å². The number of carbonyl (C=O) groups is 2. The molecule has 0 spiro atoms. The summed E-state index contributed by atoms with van der Waals surface area (Å²) in [5.74, 6) is -0.262. The number of amides is 2. The van der Waals surface area contributed by atoms with Crippen LogP contribution in [0.4, 0.5) is 11.4 Å². The fourth-order valence-corrected chi connectivity index (χ4v) is 4.40. The Hall–Kier alpha value is -2.64. The SMILES string of the molecule is Cc1cc(NC(=O)CCN2C(=O)c3ccccc3Sc3ncccc32)ccc1Br. The number of hydrogen-bond acceptors (Lipinski definition) is 4. The molecule has 0 fully saturated rings. The molecule has 2 heterocycles. The third-order valence-corrected chi connectivity index (χ3v) is 6.59. The molecule has 146 valence electrons. The number of nitrogens with zero attached hydrogens (tertiary/aromatic N) is 2. The van der Waals surface area contributed by atoms with E-state index in [1.165, 1.54) is 11.8 Å². The van der Waals surface area contributed by atoms with E-state index in [0.29, 0.717) is 5.56 Å². The van der Waals surface area contributed by atoms with Crippen LogP contribution in [0.15, 0.2) is 75.2 Å². The number of fused-ring (bicyclic) bond motifs is 2. The van der Waals surface area contributed by atoms with Crippen molar-refractivity contribution in [3.05, 3.63) is 76.4 Å². The van der Waals surface area contributed by atoms with E-state index in [-0.39, 0.29) is 24.8 Å². The summed E-state index contributed by atoms with van der Waals surface area (Å²) in [5, 5.41) is 3.66. The van der Waals surface area contributed by atoms with Crippen molar-refractivity contribution in [3.63, 3.8) is 0 Å². The summed E-state index contributed by atoms with van der Waals surface area (Å²) in [4.78, 5) is 32.7. The average Bonchev–Trinajstić information content (AvgIpc) is 2.83. The average molecular weight is 468 g/mol. The molecule has 1 aliphatic heterocycles. The molecule has 1 N–H and O–H groups in total. The second-order valence-electron chi connectivity index (χ2n) is 6.64. The molecule has 1 aliphatic rings. The van der Waals surface area contributed by atoms with Gasteiger partial charge in [0.2, 0.25) is 5.91 Å². The summed E-state index contributed by atoms with van der Waals surface area (Å²) >= 11 is 4.93. The highest BCUT2D eigenvalue weighted by molar-refractivity contribution is 9.10. The largest absolute Gasteiger partial charge is 0.326 e. The lowest BCUT2D eigenvalue weighted by molar-refractivity contribution is -0.116. The van der Waals surface area contributed by atoms with Gasteiger partial charge in [-0.15, -0.1) is 0 Å². The van der Waals surface area contributed by atoms with Crippen molar-refractivity contribution in [2.24, 2.45) is 0 Å². The molecule has 7 heteroatoms. The number of pyridine rings is 1. The first-order chi connectivity index (χ1) is 14.0. The molecule has 0 saturated heterocycles. The van der Waals surface area contributed by atoms with Crippen molar-refractivity contribution in [3.8, 4) is 0 Å². The Kier molecular flexibility index (Phi) is 5.69. The molecule has 4 rings (SSSR count). The molecule has 3 aromatic rings. The summed E-state index contributed by atoms with van der Waals surface area (Å²) in [7, 11) is 0. The van der Waals surface area contributed by atoms with Gasteiger partial charge in [-0.3, -0.25) is 9.59 Å². The van der Waals surface area contributed by atoms with Crippen molar-refractivity contribution in [1.29, 1.82) is 0 Å². The number of halogens is 1. The first kappa shape index (κ1) is 19.7. The van der Waals surface area contributed by atoms with E-state index in [9.17, 15) is 9.59 Å². The van der Waals surface area contributed by atoms with Crippen molar-refractivity contribution >= 4 is 50.9 Å². The zero-order valence-corrected chi connectivity index (χ0v) is 18.1. The smallest absolute Gasteiger partial charge is 0.259 e. The van der Waals surface area contributed by atoms with Crippen molar-refractivity contribution in [1.82, 2.24) is 4.98 Å². The molecule has 29 heavy (non-hydrogen) atoms. The van der Waals surface area contributed by atoms with Crippen LogP contribution in [0, 0.1) is 6.92 Å². The van der Waals surface area contributed by atoms with Crippen molar-refractivity contribution < 1.29 is 9.59 Å². The number of benzene rings is 2. The van der Waals surface area contributed by atoms with E-state index >= 15 is 0 Å². The lowest BCUT2D eigenvalue weighted by atomic mass is 10.1. The lowest BCUT2D eigenvalue weighted by Gasteiger charge is -2.22. The zero-order valence-electron chi connectivity index (χ0n) is 15.7. The van der Waals surface area contributed by atoms with Gasteiger partial charge < -0.3 is 10.2 Å². The highest BCUT2D eigenvalue weighted by Crippen LogP contribution is 2.39. The Morgan fingerprint density at radius 3 is 2.83 bits per heavy atom. The Balaban J connectivity index is 1.54. The predicted molar refractivity (Wildman–Crippen MR) is 119 cm³/mol. The Bertz CT molecular complexity index is 1100. The first-order valence-corrected chi connectivity index (χ1v) is 10.7. The summed E-state index contributed by atoms with van der Waals surface area (Å²) in [5.41, 5.74) is 3.13. The van der Waals surface area contributed by atoms with Crippen molar-refractivity contribution in [2.45, 2.75) is 23.3 Å². The number of rotatable bonds is 4. The Morgan fingerprint density at radius 1 is 1.17 bits per heavy atom. The topological polar surface area (TPSA) is 62.3 Å². The summed E-state index contributed by atoms with van der Waals surface area (Å²) < 4.78 is 0.992. The second kappa shape index (κ2) is 8.39. The predicted octanol–water partition coefficient (Wildman–Crippen LogP) is 5.29. The van der Waals surface area contributed by atoms with Gasteiger partial charge in [-0.05, 0) is 55.0 Å². The van der Waals surface area contributed by atoms with Crippen LogP contribution < -0.4 is 10.2 Å². The summed E-state index contributed by atoms with van der Waals surface area (Å²) in [6.07, 6.45) is 1.90. The fraction of sp³-hybridized carbons (Fsp3) is 0.136. The number of hydrogen-bond donors (Lipinski definition) is 1. The minimum atomic E-state index is -0.143. The molecule has 5 nitrogen and oxygen atoms in total. The maximum atomic E-state index is 13.2. The van der Waals surface area contributed by atoms with E-state index in [1.807, 2.05) is 55.5 Å². The summed E-state index contributed by atoms with van der Waals surface area (Å²) in [6, 6.07) is 16.8. The molecule has 0 aliphatic carbocycles. The third kappa shape index (κ3) is 4.21. The highest BCUT2D eigenvalue weighted by Gasteiger charge is 2.28. The minimum Gasteiger partial charge on any atom is -0.326 e. The van der Waals surface area contributed by atoms with E-state index < -0.39 is 0 Å². The van der Waals surface area contributed by atoms with E-state index in [1.54, 1.807) is 17.2 Å². The van der Waals surface area contributed by atoms with Crippen LogP contribution in [0.1, 0.15) is 22.3 Å².